The van der Waals surface area contributed by atoms with Gasteiger partial charge in [0.05, 0.1) is 37.8 Å². The molecule has 2 aromatic carbocycles. The van der Waals surface area contributed by atoms with Crippen LogP contribution in [-0.2, 0) is 23.9 Å². The number of aromatic hydroxyl groups is 1. The van der Waals surface area contributed by atoms with Gasteiger partial charge >= 0.3 is 0 Å². The Hall–Kier alpha value is -4.50. The van der Waals surface area contributed by atoms with Gasteiger partial charge in [-0.15, -0.1) is 0 Å². The molecule has 2 heterocycles. The monoisotopic (exact) mass is 580 g/mol. The molecule has 4 atom stereocenters. The number of ketones is 2. The van der Waals surface area contributed by atoms with Crippen molar-refractivity contribution in [2.75, 3.05) is 43.2 Å². The summed E-state index contributed by atoms with van der Waals surface area (Å²) in [4.78, 5) is 58.5. The highest BCUT2D eigenvalue weighted by Gasteiger charge is 2.56. The Morgan fingerprint density at radius 2 is 1.65 bits per heavy atom. The van der Waals surface area contributed by atoms with Gasteiger partial charge in [0.1, 0.15) is 11.5 Å². The van der Waals surface area contributed by atoms with Gasteiger partial charge < -0.3 is 19.5 Å². The van der Waals surface area contributed by atoms with Crippen molar-refractivity contribution in [3.8, 4) is 11.5 Å². The summed E-state index contributed by atoms with van der Waals surface area (Å²) < 4.78 is 11.1. The molecule has 43 heavy (non-hydrogen) atoms. The van der Waals surface area contributed by atoms with E-state index in [9.17, 15) is 24.3 Å². The number of ether oxygens (including phenoxy) is 2. The highest BCUT2D eigenvalue weighted by molar-refractivity contribution is 6.25. The number of rotatable bonds is 4. The first kappa shape index (κ1) is 27.3. The number of methoxy groups -OCH3 is 1. The zero-order chi connectivity index (χ0) is 30.0. The van der Waals surface area contributed by atoms with Gasteiger partial charge in [0.25, 0.3) is 0 Å². The van der Waals surface area contributed by atoms with Gasteiger partial charge in [-0.25, -0.2) is 0 Å². The first-order chi connectivity index (χ1) is 20.8. The molecule has 0 saturated carbocycles. The molecule has 3 aliphatic carbocycles. The predicted molar refractivity (Wildman–Crippen MR) is 158 cm³/mol. The quantitative estimate of drug-likeness (QED) is 0.330. The highest BCUT2D eigenvalue weighted by atomic mass is 16.5. The number of phenolic OH excluding ortho intramolecular Hbond substituents is 1. The van der Waals surface area contributed by atoms with Crippen molar-refractivity contribution in [1.82, 2.24) is 0 Å². The second kappa shape index (κ2) is 10.3. The maximum atomic E-state index is 14.2. The molecule has 2 amide bonds. The zero-order valence-electron chi connectivity index (χ0n) is 24.0. The average molecular weight is 581 g/mol. The van der Waals surface area contributed by atoms with Crippen molar-refractivity contribution in [3.05, 3.63) is 82.5 Å². The lowest BCUT2D eigenvalue weighted by atomic mass is 9.59. The number of fused-ring (bicyclic) bond motifs is 3. The van der Waals surface area contributed by atoms with E-state index in [1.165, 1.54) is 30.2 Å². The van der Waals surface area contributed by atoms with Crippen LogP contribution in [0.5, 0.6) is 11.5 Å². The maximum Gasteiger partial charge on any atom is 0.238 e. The summed E-state index contributed by atoms with van der Waals surface area (Å²) in [5, 5.41) is 10.1. The van der Waals surface area contributed by atoms with Crippen molar-refractivity contribution >= 4 is 34.8 Å². The molecule has 9 heteroatoms. The van der Waals surface area contributed by atoms with Crippen molar-refractivity contribution in [3.63, 3.8) is 0 Å². The third-order valence-electron chi connectivity index (χ3n) is 9.57. The molecule has 2 fully saturated rings. The molecule has 220 valence electrons. The van der Waals surface area contributed by atoms with Gasteiger partial charge in [-0.3, -0.25) is 24.1 Å². The van der Waals surface area contributed by atoms with E-state index in [1.54, 1.807) is 13.0 Å². The molecule has 7 rings (SSSR count). The van der Waals surface area contributed by atoms with Crippen molar-refractivity contribution < 1.29 is 33.8 Å². The molecule has 5 aliphatic rings. The maximum absolute atomic E-state index is 14.2. The van der Waals surface area contributed by atoms with Crippen LogP contribution in [0.2, 0.25) is 0 Å². The number of hydrogen-bond acceptors (Lipinski definition) is 8. The van der Waals surface area contributed by atoms with Crippen LogP contribution in [0, 0.1) is 17.8 Å². The predicted octanol–water partition coefficient (Wildman–Crippen LogP) is 3.87. The van der Waals surface area contributed by atoms with Crippen LogP contribution in [0.4, 0.5) is 11.4 Å². The summed E-state index contributed by atoms with van der Waals surface area (Å²) in [6.45, 7) is 4.50. The van der Waals surface area contributed by atoms with E-state index in [4.69, 9.17) is 9.47 Å². The lowest BCUT2D eigenvalue weighted by Crippen LogP contribution is -2.40. The van der Waals surface area contributed by atoms with E-state index in [1.807, 2.05) is 30.3 Å². The number of anilines is 2. The summed E-state index contributed by atoms with van der Waals surface area (Å²) in [5.41, 5.74) is 4.13. The number of allylic oxidation sites excluding steroid dienone is 6. The third-order valence-corrected chi connectivity index (χ3v) is 9.57. The number of imide groups is 1. The van der Waals surface area contributed by atoms with Gasteiger partial charge in [-0.2, -0.15) is 0 Å². The van der Waals surface area contributed by atoms with Gasteiger partial charge in [0, 0.05) is 53.0 Å². The molecular weight excluding hydrogens is 548 g/mol. The Kier molecular flexibility index (Phi) is 6.58. The second-order valence-electron chi connectivity index (χ2n) is 11.8. The fourth-order valence-corrected chi connectivity index (χ4v) is 7.56. The second-order valence-corrected chi connectivity index (χ2v) is 11.8. The topological polar surface area (TPSA) is 113 Å². The van der Waals surface area contributed by atoms with Crippen LogP contribution in [0.3, 0.4) is 0 Å². The number of Topliss-reactive ketones (excluding diaryl/α,β-unsaturated/α-hetero) is 1. The van der Waals surface area contributed by atoms with E-state index < -0.39 is 23.7 Å². The number of phenols is 1. The molecule has 2 aromatic rings. The molecule has 0 spiro atoms. The van der Waals surface area contributed by atoms with E-state index in [0.717, 1.165) is 24.4 Å². The number of benzene rings is 2. The van der Waals surface area contributed by atoms with Crippen molar-refractivity contribution in [1.29, 1.82) is 0 Å². The van der Waals surface area contributed by atoms with Crippen LogP contribution in [-0.4, -0.2) is 61.9 Å². The van der Waals surface area contributed by atoms with E-state index in [2.05, 4.69) is 4.90 Å². The summed E-state index contributed by atoms with van der Waals surface area (Å²) in [5.74, 6) is -2.92. The number of morpholine rings is 1. The fourth-order valence-electron chi connectivity index (χ4n) is 7.56. The van der Waals surface area contributed by atoms with Crippen molar-refractivity contribution in [2.24, 2.45) is 17.8 Å². The summed E-state index contributed by atoms with van der Waals surface area (Å²) in [6, 6.07) is 12.2. The minimum Gasteiger partial charge on any atom is -0.508 e. The lowest BCUT2D eigenvalue weighted by molar-refractivity contribution is -0.123. The molecule has 2 saturated heterocycles. The lowest BCUT2D eigenvalue weighted by Gasteiger charge is -2.42. The molecule has 0 aromatic heterocycles. The third kappa shape index (κ3) is 4.25. The number of amides is 2. The molecular formula is C34H32N2O7. The van der Waals surface area contributed by atoms with Gasteiger partial charge in [-0.05, 0) is 62.1 Å². The largest absolute Gasteiger partial charge is 0.508 e. The number of nitrogens with zero attached hydrogens (tertiary/aromatic N) is 2. The summed E-state index contributed by atoms with van der Waals surface area (Å²) >= 11 is 0. The van der Waals surface area contributed by atoms with E-state index in [-0.39, 0.29) is 35.6 Å². The minimum atomic E-state index is -0.666. The van der Waals surface area contributed by atoms with Crippen molar-refractivity contribution in [2.45, 2.75) is 25.7 Å². The Morgan fingerprint density at radius 1 is 0.930 bits per heavy atom. The molecule has 2 aliphatic heterocycles. The van der Waals surface area contributed by atoms with Gasteiger partial charge in [0.15, 0.2) is 11.6 Å². The Bertz CT molecular complexity index is 1660. The van der Waals surface area contributed by atoms with Crippen LogP contribution in [0.1, 0.15) is 31.2 Å². The molecule has 0 bridgehead atoms. The molecule has 0 radical (unpaired) electrons. The summed E-state index contributed by atoms with van der Waals surface area (Å²) in [6.07, 6.45) is 3.91. The van der Waals surface area contributed by atoms with Crippen LogP contribution in [0.15, 0.2) is 76.9 Å². The SMILES string of the molecule is COc1cc(O)ccc1C1C2=CCC3C(=O)N(c4ccc(N5CCOCC5)cc4)C(=O)C3C2CC2=C1C(=O)C=C(C)C2=O. The Morgan fingerprint density at radius 3 is 2.37 bits per heavy atom. The first-order valence-electron chi connectivity index (χ1n) is 14.7. The number of carbonyl (C=O) groups is 4. The normalized spacial score (nSPS) is 27.0. The Balaban J connectivity index is 1.28. The molecule has 4 unspecified atom stereocenters. The minimum absolute atomic E-state index is 0.00786. The van der Waals surface area contributed by atoms with E-state index >= 15 is 0 Å². The van der Waals surface area contributed by atoms with Crippen LogP contribution >= 0.6 is 0 Å². The molecule has 1 N–H and O–H groups in total. The van der Waals surface area contributed by atoms with Gasteiger partial charge in [-0.1, -0.05) is 17.7 Å². The standard InChI is InChI=1S/C34H32N2O7/c1-18-15-27(38)31-26(32(18)39)17-25-22(29(31)23-8-7-21(37)16-28(23)42-2)9-10-24-30(25)34(41)36(33(24)40)20-5-3-19(4-6-20)35-11-13-43-14-12-35/h3-9,15-16,24-25,29-30,37H,10-14,17H2,1-2H3. The number of hydrogen-bond donors (Lipinski definition) is 1. The zero-order valence-corrected chi connectivity index (χ0v) is 24.0. The van der Waals surface area contributed by atoms with Crippen LogP contribution in [0.25, 0.3) is 0 Å². The van der Waals surface area contributed by atoms with Gasteiger partial charge in [0.2, 0.25) is 11.8 Å². The molecule has 9 nitrogen and oxygen atoms in total. The average Bonchev–Trinajstić information content (AvgIpc) is 3.28. The fraction of sp³-hybridized carbons (Fsp3) is 0.353. The van der Waals surface area contributed by atoms with E-state index in [0.29, 0.717) is 53.4 Å². The summed E-state index contributed by atoms with van der Waals surface area (Å²) in [7, 11) is 1.48. The van der Waals surface area contributed by atoms with Crippen LogP contribution < -0.4 is 14.5 Å². The Labute approximate surface area is 249 Å². The smallest absolute Gasteiger partial charge is 0.238 e. The highest BCUT2D eigenvalue weighted by Crippen LogP contribution is 2.56. The number of carbonyl (C=O) groups excluding carboxylic acids is 4. The first-order valence-corrected chi connectivity index (χ1v) is 14.7.